The highest BCUT2D eigenvalue weighted by Gasteiger charge is 2.16. The van der Waals surface area contributed by atoms with E-state index in [1.165, 1.54) is 37.4 Å². The average Bonchev–Trinajstić information content (AvgIpc) is 2.98. The summed E-state index contributed by atoms with van der Waals surface area (Å²) in [6.07, 6.45) is 0. The highest BCUT2D eigenvalue weighted by molar-refractivity contribution is 6.32. The number of anilines is 1. The second-order valence-electron chi connectivity index (χ2n) is 10.4. The Morgan fingerprint density at radius 2 is 0.977 bits per heavy atom. The first-order valence-corrected chi connectivity index (χ1v) is 15.1. The quantitative estimate of drug-likeness (QED) is 0.242. The van der Waals surface area contributed by atoms with Crippen molar-refractivity contribution in [3.05, 3.63) is 99.9 Å². The van der Waals surface area contributed by atoms with Crippen LogP contribution in [0.2, 0.25) is 15.5 Å². The van der Waals surface area contributed by atoms with E-state index in [1.54, 1.807) is 36.4 Å². The van der Waals surface area contributed by atoms with Crippen molar-refractivity contribution >= 4 is 40.6 Å². The molecule has 4 heterocycles. The molecule has 4 aromatic rings. The summed E-state index contributed by atoms with van der Waals surface area (Å²) in [7, 11) is 4.27. The fraction of sp³-hybridized carbons (Fsp3) is 0.312. The van der Waals surface area contributed by atoms with Gasteiger partial charge < -0.3 is 20.0 Å². The van der Waals surface area contributed by atoms with Gasteiger partial charge in [-0.05, 0) is 84.9 Å². The lowest BCUT2D eigenvalue weighted by molar-refractivity contribution is 0.291. The molecule has 0 saturated carbocycles. The van der Waals surface area contributed by atoms with Crippen LogP contribution in [-0.4, -0.2) is 86.2 Å². The van der Waals surface area contributed by atoms with Gasteiger partial charge in [0.25, 0.3) is 0 Å². The van der Waals surface area contributed by atoms with Crippen LogP contribution in [0.3, 0.4) is 0 Å². The van der Waals surface area contributed by atoms with Gasteiger partial charge in [0, 0.05) is 52.4 Å². The molecule has 43 heavy (non-hydrogen) atoms. The van der Waals surface area contributed by atoms with Crippen LogP contribution in [0.1, 0.15) is 0 Å². The number of piperazine rings is 2. The zero-order valence-electron chi connectivity index (χ0n) is 24.2. The minimum absolute atomic E-state index is 0.238. The first kappa shape index (κ1) is 33.1. The van der Waals surface area contributed by atoms with E-state index in [2.05, 4.69) is 44.1 Å². The molecule has 0 bridgehead atoms. The van der Waals surface area contributed by atoms with E-state index in [0.29, 0.717) is 15.5 Å². The molecule has 2 saturated heterocycles. The first-order valence-electron chi connectivity index (χ1n) is 14.0. The van der Waals surface area contributed by atoms with Crippen LogP contribution in [0, 0.1) is 11.6 Å². The summed E-state index contributed by atoms with van der Waals surface area (Å²) in [5.74, 6) is 0.373. The number of halogens is 5. The molecule has 0 amide bonds. The number of nitrogens with zero attached hydrogens (tertiary/aromatic N) is 5. The Bertz CT molecular complexity index is 1420. The van der Waals surface area contributed by atoms with Crippen LogP contribution in [-0.2, 0) is 0 Å². The van der Waals surface area contributed by atoms with Gasteiger partial charge in [-0.2, -0.15) is 0 Å². The summed E-state index contributed by atoms with van der Waals surface area (Å²) in [6, 6.07) is 19.7. The number of benzene rings is 2. The first-order chi connectivity index (χ1) is 20.7. The molecule has 2 fully saturated rings. The van der Waals surface area contributed by atoms with E-state index in [1.807, 2.05) is 12.1 Å². The number of nitrogens with one attached hydrogen (secondary N) is 1. The van der Waals surface area contributed by atoms with Crippen LogP contribution in [0.25, 0.3) is 22.3 Å². The lowest BCUT2D eigenvalue weighted by atomic mass is 10.1. The molecule has 2 aliphatic heterocycles. The molecule has 0 unspecified atom stereocenters. The third-order valence-corrected chi connectivity index (χ3v) is 7.65. The van der Waals surface area contributed by atoms with Crippen LogP contribution >= 0.6 is 34.8 Å². The summed E-state index contributed by atoms with van der Waals surface area (Å²) >= 11 is 17.7. The lowest BCUT2D eigenvalue weighted by Gasteiger charge is -2.33. The highest BCUT2D eigenvalue weighted by atomic mass is 35.5. The number of aromatic nitrogens is 2. The third kappa shape index (κ3) is 10.7. The third-order valence-electron chi connectivity index (χ3n) is 7.07. The van der Waals surface area contributed by atoms with Crippen molar-refractivity contribution in [3.8, 4) is 22.3 Å². The topological polar surface area (TPSA) is 47.5 Å². The Morgan fingerprint density at radius 1 is 0.558 bits per heavy atom. The number of rotatable bonds is 3. The molecule has 228 valence electrons. The number of hydrogen-bond donors (Lipinski definition) is 1. The van der Waals surface area contributed by atoms with Gasteiger partial charge >= 0.3 is 0 Å². The number of pyridine rings is 2. The predicted molar refractivity (Wildman–Crippen MR) is 174 cm³/mol. The van der Waals surface area contributed by atoms with Crippen LogP contribution in [0.5, 0.6) is 0 Å². The molecular formula is C32H35Cl3F2N6. The molecule has 2 aliphatic rings. The maximum atomic E-state index is 13.0. The van der Waals surface area contributed by atoms with Gasteiger partial charge in [0.2, 0.25) is 0 Å². The Balaban J connectivity index is 0.000000167. The fourth-order valence-electron chi connectivity index (χ4n) is 4.54. The molecule has 0 spiro atoms. The molecule has 6 nitrogen and oxygen atoms in total. The Hall–Kier alpha value is -2.85. The molecule has 2 aromatic heterocycles. The standard InChI is InChI=1S/C16H17ClFN3.C11H6Cl2FN.C5H12N2/c1-20-6-8-21(9-7-20)16-11-13(10-15(17)19-16)12-2-4-14(18)5-3-12;12-10-5-8(6-11(13)15-10)7-1-3-9(14)4-2-7;1-7-4-2-6-3-5-7/h2-5,10-11H,6-9H2,1H3;1-6H;6H,2-5H2,1H3. The zero-order chi connectivity index (χ0) is 30.8. The number of likely N-dealkylation sites (N-methyl/N-ethyl adjacent to an activating group) is 2. The van der Waals surface area contributed by atoms with Gasteiger partial charge in [-0.15, -0.1) is 0 Å². The molecule has 0 radical (unpaired) electrons. The summed E-state index contributed by atoms with van der Waals surface area (Å²) in [5, 5.41) is 4.38. The zero-order valence-corrected chi connectivity index (χ0v) is 26.5. The fourth-order valence-corrected chi connectivity index (χ4v) is 5.20. The summed E-state index contributed by atoms with van der Waals surface area (Å²) in [4.78, 5) is 15.1. The van der Waals surface area contributed by atoms with Gasteiger partial charge in [-0.3, -0.25) is 0 Å². The van der Waals surface area contributed by atoms with Crippen molar-refractivity contribution in [2.24, 2.45) is 0 Å². The molecule has 2 aromatic carbocycles. The van der Waals surface area contributed by atoms with Crippen LogP contribution < -0.4 is 10.2 Å². The van der Waals surface area contributed by atoms with Crippen molar-refractivity contribution in [3.63, 3.8) is 0 Å². The van der Waals surface area contributed by atoms with Crippen molar-refractivity contribution in [1.29, 1.82) is 0 Å². The van der Waals surface area contributed by atoms with Gasteiger partial charge in [-0.1, -0.05) is 59.1 Å². The van der Waals surface area contributed by atoms with Gasteiger partial charge in [0.1, 0.15) is 32.9 Å². The van der Waals surface area contributed by atoms with Gasteiger partial charge in [0.05, 0.1) is 0 Å². The van der Waals surface area contributed by atoms with E-state index in [4.69, 9.17) is 34.8 Å². The molecule has 6 rings (SSSR count). The second-order valence-corrected chi connectivity index (χ2v) is 11.6. The highest BCUT2D eigenvalue weighted by Crippen LogP contribution is 2.27. The van der Waals surface area contributed by atoms with E-state index in [9.17, 15) is 8.78 Å². The van der Waals surface area contributed by atoms with Crippen LogP contribution in [0.4, 0.5) is 14.6 Å². The lowest BCUT2D eigenvalue weighted by Crippen LogP contribution is -2.44. The smallest absolute Gasteiger partial charge is 0.132 e. The second kappa shape index (κ2) is 16.3. The molecule has 0 atom stereocenters. The largest absolute Gasteiger partial charge is 0.354 e. The van der Waals surface area contributed by atoms with Crippen molar-refractivity contribution < 1.29 is 8.78 Å². The van der Waals surface area contributed by atoms with E-state index in [-0.39, 0.29) is 11.6 Å². The van der Waals surface area contributed by atoms with Gasteiger partial charge in [-0.25, -0.2) is 18.7 Å². The minimum atomic E-state index is -0.273. The summed E-state index contributed by atoms with van der Waals surface area (Å²) in [5.41, 5.74) is 3.57. The maximum Gasteiger partial charge on any atom is 0.132 e. The van der Waals surface area contributed by atoms with Crippen molar-refractivity contribution in [2.45, 2.75) is 0 Å². The van der Waals surface area contributed by atoms with Crippen LogP contribution in [0.15, 0.2) is 72.8 Å². The normalized spacial score (nSPS) is 15.7. The maximum absolute atomic E-state index is 13.0. The molecule has 11 heteroatoms. The molecule has 1 N–H and O–H groups in total. The molecular weight excluding hydrogens is 613 g/mol. The monoisotopic (exact) mass is 646 g/mol. The Labute approximate surface area is 267 Å². The average molecular weight is 648 g/mol. The predicted octanol–water partition coefficient (Wildman–Crippen LogP) is 7.01. The SMILES string of the molecule is CN1CCN(c2cc(-c3ccc(F)cc3)cc(Cl)n2)CC1.CN1CCNCC1.Fc1ccc(-c2cc(Cl)nc(Cl)c2)cc1. The minimum Gasteiger partial charge on any atom is -0.354 e. The van der Waals surface area contributed by atoms with E-state index < -0.39 is 0 Å². The summed E-state index contributed by atoms with van der Waals surface area (Å²) < 4.78 is 25.7. The van der Waals surface area contributed by atoms with Crippen molar-refractivity contribution in [2.75, 3.05) is 71.4 Å². The van der Waals surface area contributed by atoms with Gasteiger partial charge in [0.15, 0.2) is 0 Å². The Morgan fingerprint density at radius 3 is 1.42 bits per heavy atom. The van der Waals surface area contributed by atoms with E-state index >= 15 is 0 Å². The van der Waals surface area contributed by atoms with E-state index in [0.717, 1.165) is 67.3 Å². The number of hydrogen-bond acceptors (Lipinski definition) is 6. The van der Waals surface area contributed by atoms with Crippen molar-refractivity contribution in [1.82, 2.24) is 25.1 Å². The Kier molecular flexibility index (Phi) is 12.5. The molecule has 0 aliphatic carbocycles. The summed E-state index contributed by atoms with van der Waals surface area (Å²) in [6.45, 7) is 8.65.